The van der Waals surface area contributed by atoms with Crippen LogP contribution >= 0.6 is 23.5 Å². The quantitative estimate of drug-likeness (QED) is 0.177. The van der Waals surface area contributed by atoms with Crippen molar-refractivity contribution in [3.05, 3.63) is 180 Å². The molecule has 0 nitrogen and oxygen atoms in total. The van der Waals surface area contributed by atoms with Crippen LogP contribution in [0.25, 0.3) is 11.1 Å². The largest absolute Gasteiger partial charge is 0.0901 e. The molecule has 0 aromatic heterocycles. The molecule has 0 amide bonds. The van der Waals surface area contributed by atoms with Crippen molar-refractivity contribution in [1.29, 1.82) is 0 Å². The molecule has 0 unspecified atom stereocenters. The van der Waals surface area contributed by atoms with Gasteiger partial charge in [-0.3, -0.25) is 0 Å². The Labute approximate surface area is 239 Å². The Morgan fingerprint density at radius 3 is 1.21 bits per heavy atom. The molecule has 0 N–H and O–H groups in total. The van der Waals surface area contributed by atoms with Gasteiger partial charge in [-0.2, -0.15) is 0 Å². The maximum atomic E-state index is 2.35. The van der Waals surface area contributed by atoms with E-state index in [2.05, 4.69) is 164 Å². The molecule has 0 bridgehead atoms. The lowest BCUT2D eigenvalue weighted by Crippen LogP contribution is -2.04. The Bertz CT molecular complexity index is 1540. The minimum Gasteiger partial charge on any atom is -0.0901 e. The highest BCUT2D eigenvalue weighted by atomic mass is 32.2. The van der Waals surface area contributed by atoms with Crippen LogP contribution in [0.2, 0.25) is 0 Å². The highest BCUT2D eigenvalue weighted by Crippen LogP contribution is 2.38. The Morgan fingerprint density at radius 1 is 0.308 bits per heavy atom. The summed E-state index contributed by atoms with van der Waals surface area (Å²) in [6.45, 7) is 0. The van der Waals surface area contributed by atoms with Gasteiger partial charge in [-0.25, -0.2) is 0 Å². The Morgan fingerprint density at radius 2 is 0.718 bits per heavy atom. The molecule has 0 aliphatic rings. The van der Waals surface area contributed by atoms with Crippen LogP contribution in [0.5, 0.6) is 0 Å². The second kappa shape index (κ2) is 12.3. The minimum absolute atomic E-state index is 0.127. The van der Waals surface area contributed by atoms with Gasteiger partial charge in [-0.1, -0.05) is 139 Å². The third-order valence-corrected chi connectivity index (χ3v) is 8.69. The van der Waals surface area contributed by atoms with Crippen LogP contribution in [0.1, 0.15) is 22.6 Å². The van der Waals surface area contributed by atoms with E-state index in [1.54, 1.807) is 0 Å². The summed E-state index contributed by atoms with van der Waals surface area (Å²) in [5.74, 6) is 0.127. The summed E-state index contributed by atoms with van der Waals surface area (Å²) in [6.07, 6.45) is 0. The first-order valence-corrected chi connectivity index (χ1v) is 14.8. The predicted octanol–water partition coefficient (Wildman–Crippen LogP) is 10.8. The summed E-state index contributed by atoms with van der Waals surface area (Å²) >= 11 is 3.62. The first-order chi connectivity index (χ1) is 19.3. The van der Waals surface area contributed by atoms with Gasteiger partial charge in [0.2, 0.25) is 0 Å². The van der Waals surface area contributed by atoms with E-state index in [-0.39, 0.29) is 5.92 Å². The third-order valence-electron chi connectivity index (χ3n) is 6.69. The second-order valence-corrected chi connectivity index (χ2v) is 11.7. The molecule has 0 spiro atoms. The van der Waals surface area contributed by atoms with Crippen molar-refractivity contribution in [3.63, 3.8) is 0 Å². The zero-order chi connectivity index (χ0) is 26.3. The maximum Gasteiger partial charge on any atom is 0.0340 e. The molecule has 6 aromatic rings. The Balaban J connectivity index is 1.39. The molecule has 6 rings (SSSR count). The van der Waals surface area contributed by atoms with Crippen LogP contribution in [-0.2, 0) is 0 Å². The van der Waals surface area contributed by atoms with Crippen molar-refractivity contribution in [2.24, 2.45) is 0 Å². The average molecular weight is 537 g/mol. The first-order valence-electron chi connectivity index (χ1n) is 13.1. The lowest BCUT2D eigenvalue weighted by molar-refractivity contribution is 0.964. The molecule has 6 aromatic carbocycles. The molecule has 0 atom stereocenters. The van der Waals surface area contributed by atoms with Crippen molar-refractivity contribution < 1.29 is 0 Å². The van der Waals surface area contributed by atoms with Crippen molar-refractivity contribution in [1.82, 2.24) is 0 Å². The minimum atomic E-state index is 0.127. The zero-order valence-corrected chi connectivity index (χ0v) is 23.1. The van der Waals surface area contributed by atoms with Crippen LogP contribution in [0.3, 0.4) is 0 Å². The summed E-state index contributed by atoms with van der Waals surface area (Å²) in [7, 11) is 0. The van der Waals surface area contributed by atoms with Crippen LogP contribution < -0.4 is 0 Å². The summed E-state index contributed by atoms with van der Waals surface area (Å²) in [5.41, 5.74) is 6.36. The fraction of sp³-hybridized carbons (Fsp3) is 0.0270. The zero-order valence-electron chi connectivity index (χ0n) is 21.5. The average Bonchev–Trinajstić information content (AvgIpc) is 3.00. The molecule has 0 heterocycles. The van der Waals surface area contributed by atoms with E-state index < -0.39 is 0 Å². The van der Waals surface area contributed by atoms with Gasteiger partial charge in [-0.05, 0) is 76.3 Å². The molecule has 0 radical (unpaired) electrons. The summed E-state index contributed by atoms with van der Waals surface area (Å²) in [5, 5.41) is 0. The van der Waals surface area contributed by atoms with Crippen molar-refractivity contribution in [3.8, 4) is 11.1 Å². The van der Waals surface area contributed by atoms with Crippen molar-refractivity contribution >= 4 is 23.5 Å². The summed E-state index contributed by atoms with van der Waals surface area (Å²) < 4.78 is 0. The SMILES string of the molecule is c1ccc(Sc2cccc(C(c3ccc(-c4ccccc4)cc3)c3cccc(Sc4ccccc4)c3)c2)cc1. The molecule has 0 aliphatic heterocycles. The van der Waals surface area contributed by atoms with Gasteiger partial charge in [0, 0.05) is 25.5 Å². The van der Waals surface area contributed by atoms with E-state index in [0.717, 1.165) is 0 Å². The number of benzene rings is 6. The van der Waals surface area contributed by atoms with Gasteiger partial charge < -0.3 is 0 Å². The fourth-order valence-corrected chi connectivity index (χ4v) is 6.65. The lowest BCUT2D eigenvalue weighted by atomic mass is 9.84. The molecular weight excluding hydrogens is 509 g/mol. The van der Waals surface area contributed by atoms with Crippen LogP contribution in [0.4, 0.5) is 0 Å². The first kappa shape index (κ1) is 25.3. The Kier molecular flexibility index (Phi) is 7.95. The molecule has 188 valence electrons. The number of hydrogen-bond donors (Lipinski definition) is 0. The smallest absolute Gasteiger partial charge is 0.0340 e. The maximum absolute atomic E-state index is 2.35. The van der Waals surface area contributed by atoms with Gasteiger partial charge in [0.05, 0.1) is 0 Å². The second-order valence-electron chi connectivity index (χ2n) is 9.40. The lowest BCUT2D eigenvalue weighted by Gasteiger charge is -2.21. The highest BCUT2D eigenvalue weighted by molar-refractivity contribution is 7.99. The van der Waals surface area contributed by atoms with E-state index in [0.29, 0.717) is 0 Å². The number of hydrogen-bond acceptors (Lipinski definition) is 2. The van der Waals surface area contributed by atoms with Gasteiger partial charge in [0.25, 0.3) is 0 Å². The molecule has 39 heavy (non-hydrogen) atoms. The normalized spacial score (nSPS) is 11.0. The van der Waals surface area contributed by atoms with Gasteiger partial charge in [0.15, 0.2) is 0 Å². The summed E-state index contributed by atoms with van der Waals surface area (Å²) in [4.78, 5) is 5.00. The molecule has 0 fully saturated rings. The van der Waals surface area contributed by atoms with E-state index in [9.17, 15) is 0 Å². The van der Waals surface area contributed by atoms with Crippen LogP contribution in [-0.4, -0.2) is 0 Å². The Hall–Kier alpha value is -3.98. The van der Waals surface area contributed by atoms with Crippen molar-refractivity contribution in [2.45, 2.75) is 25.5 Å². The van der Waals surface area contributed by atoms with E-state index >= 15 is 0 Å². The van der Waals surface area contributed by atoms with Gasteiger partial charge in [-0.15, -0.1) is 0 Å². The van der Waals surface area contributed by atoms with E-state index in [1.165, 1.54) is 47.4 Å². The topological polar surface area (TPSA) is 0 Å². The highest BCUT2D eigenvalue weighted by Gasteiger charge is 2.18. The fourth-order valence-electron chi connectivity index (χ4n) is 4.84. The van der Waals surface area contributed by atoms with Gasteiger partial charge in [0.1, 0.15) is 0 Å². The van der Waals surface area contributed by atoms with Crippen LogP contribution in [0, 0.1) is 0 Å². The molecule has 0 aliphatic carbocycles. The molecular formula is C37H28S2. The van der Waals surface area contributed by atoms with Crippen molar-refractivity contribution in [2.75, 3.05) is 0 Å². The summed E-state index contributed by atoms with van der Waals surface area (Å²) in [6, 6.07) is 58.9. The van der Waals surface area contributed by atoms with E-state index in [4.69, 9.17) is 0 Å². The monoisotopic (exact) mass is 536 g/mol. The third kappa shape index (κ3) is 6.37. The molecule has 0 saturated carbocycles. The number of rotatable bonds is 8. The standard InChI is InChI=1S/C37H28S2/c1-4-12-28(13-5-1)29-22-24-30(25-23-29)37(31-14-10-20-35(26-31)38-33-16-6-2-7-17-33)32-15-11-21-36(27-32)39-34-18-8-3-9-19-34/h1-27,37H. The van der Waals surface area contributed by atoms with Crippen LogP contribution in [0.15, 0.2) is 183 Å². The van der Waals surface area contributed by atoms with E-state index in [1.807, 2.05) is 23.5 Å². The predicted molar refractivity (Wildman–Crippen MR) is 167 cm³/mol. The molecule has 0 saturated heterocycles. The van der Waals surface area contributed by atoms with Gasteiger partial charge >= 0.3 is 0 Å². The molecule has 2 heteroatoms.